The molecule has 0 aromatic carbocycles. The van der Waals surface area contributed by atoms with Gasteiger partial charge < -0.3 is 34.3 Å². The van der Waals surface area contributed by atoms with Crippen LogP contribution in [0.3, 0.4) is 0 Å². The molecule has 0 fully saturated rings. The monoisotopic (exact) mass is 1080 g/mol. The fraction of sp³-hybridized carbons (Fsp3) is 0.824. The fourth-order valence-electron chi connectivity index (χ4n) is 3.19. The van der Waals surface area contributed by atoms with Gasteiger partial charge in [0.15, 0.2) is 9.03 Å². The van der Waals surface area contributed by atoms with Crippen LogP contribution in [-0.4, -0.2) is 95.1 Å². The van der Waals surface area contributed by atoms with E-state index >= 15 is 0 Å². The van der Waals surface area contributed by atoms with Gasteiger partial charge in [-0.3, -0.25) is 23.2 Å². The van der Waals surface area contributed by atoms with E-state index in [4.69, 9.17) is 37.2 Å². The molecule has 0 aliphatic heterocycles. The summed E-state index contributed by atoms with van der Waals surface area (Å²) in [7, 11) is -3.51. The first-order chi connectivity index (χ1) is 23.4. The van der Waals surface area contributed by atoms with Gasteiger partial charge in [0.1, 0.15) is 0 Å². The van der Waals surface area contributed by atoms with E-state index in [1.165, 1.54) is 19.9 Å². The average Bonchev–Trinajstić information content (AvgIpc) is 3.08. The summed E-state index contributed by atoms with van der Waals surface area (Å²) in [6, 6.07) is -0.709. The maximum absolute atomic E-state index is 12.5. The van der Waals surface area contributed by atoms with E-state index in [1.54, 1.807) is 6.08 Å². The summed E-state index contributed by atoms with van der Waals surface area (Å²) in [4.78, 5) is 22.1. The summed E-state index contributed by atoms with van der Waals surface area (Å²) in [5.74, 6) is 0.902. The van der Waals surface area contributed by atoms with Gasteiger partial charge in [-0.05, 0) is 37.5 Å². The first-order valence-electron chi connectivity index (χ1n) is 17.4. The Morgan fingerprint density at radius 1 is 0.731 bits per heavy atom. The zero-order chi connectivity index (χ0) is 37.8. The van der Waals surface area contributed by atoms with Gasteiger partial charge in [-0.1, -0.05) is 66.5 Å². The minimum absolute atomic E-state index is 0. The second-order valence-corrected chi connectivity index (χ2v) is 13.8. The Bertz CT molecular complexity index is 859. The number of nitrogens with one attached hydrogen (secondary N) is 2. The summed E-state index contributed by atoms with van der Waals surface area (Å²) < 4.78 is 49.3. The number of aliphatic hydroxyl groups excluding tert-OH is 1. The van der Waals surface area contributed by atoms with Gasteiger partial charge in [0.05, 0.1) is 64.9 Å². The van der Waals surface area contributed by atoms with Crippen molar-refractivity contribution in [1.29, 1.82) is 0 Å². The molecule has 18 heteroatoms. The zero-order valence-electron chi connectivity index (χ0n) is 33.1. The van der Waals surface area contributed by atoms with Crippen molar-refractivity contribution in [2.75, 3.05) is 66.1 Å². The maximum Gasteiger partial charge on any atom is 0.475 e. The Balaban J connectivity index is -0.000000167. The van der Waals surface area contributed by atoms with Crippen LogP contribution in [0, 0.1) is 94.4 Å². The van der Waals surface area contributed by atoms with E-state index in [1.807, 2.05) is 6.92 Å². The van der Waals surface area contributed by atoms with Crippen LogP contribution in [0.5, 0.6) is 0 Å². The van der Waals surface area contributed by atoms with Gasteiger partial charge in [-0.15, -0.1) is 13.2 Å². The molecule has 2 amide bonds. The molecular weight excluding hydrogens is 1010 g/mol. The van der Waals surface area contributed by atoms with E-state index < -0.39 is 13.9 Å². The summed E-state index contributed by atoms with van der Waals surface area (Å²) in [6.45, 7) is 26.0. The molecule has 2 unspecified atom stereocenters. The van der Waals surface area contributed by atoms with Crippen LogP contribution in [0.4, 0.5) is 0 Å². The molecular formula is C34H70N2NiO11P2Pr2. The molecule has 0 aliphatic rings. The molecule has 3 N–H and O–H groups in total. The number of hydrogen-bond donors (Lipinski definition) is 3. The number of rotatable bonds is 30. The second kappa shape index (κ2) is 49.1. The van der Waals surface area contributed by atoms with Gasteiger partial charge >= 0.3 is 7.82 Å². The molecule has 52 heavy (non-hydrogen) atoms. The number of ether oxygens (including phenoxy) is 2. The normalized spacial score (nSPS) is 13.8. The van der Waals surface area contributed by atoms with Crippen LogP contribution in [0.15, 0.2) is 25.3 Å². The summed E-state index contributed by atoms with van der Waals surface area (Å²) in [6.07, 6.45) is 9.12. The van der Waals surface area contributed by atoms with Crippen molar-refractivity contribution in [1.82, 2.24) is 10.6 Å². The molecule has 0 saturated heterocycles. The predicted octanol–water partition coefficient (Wildman–Crippen LogP) is 6.76. The first kappa shape index (κ1) is 65.8. The van der Waals surface area contributed by atoms with E-state index in [2.05, 4.69) is 58.4 Å². The van der Waals surface area contributed by atoms with Gasteiger partial charge in [0.2, 0.25) is 11.8 Å². The van der Waals surface area contributed by atoms with E-state index in [-0.39, 0.29) is 159 Å². The van der Waals surface area contributed by atoms with Crippen molar-refractivity contribution < 1.29 is 150 Å². The molecule has 0 spiro atoms. The predicted molar refractivity (Wildman–Crippen MR) is 199 cm³/mol. The van der Waals surface area contributed by atoms with Crippen molar-refractivity contribution in [3.63, 3.8) is 0 Å². The number of hydrogen-bond acceptors (Lipinski definition) is 11. The Morgan fingerprint density at radius 2 is 1.21 bits per heavy atom. The minimum Gasteiger partial charge on any atom is -0.394 e. The molecule has 2 radical (unpaired) electrons. The summed E-state index contributed by atoms with van der Waals surface area (Å²) in [5, 5.41) is 14.3. The number of phosphoric ester groups is 1. The average molecular weight is 1090 g/mol. The number of amides is 2. The number of phosphoric acid groups is 1. The molecule has 6 atom stereocenters. The van der Waals surface area contributed by atoms with E-state index in [0.29, 0.717) is 44.7 Å². The Morgan fingerprint density at radius 3 is 1.63 bits per heavy atom. The topological polar surface area (TPSA) is 160 Å². The standard InChI is InChI=1S/C17H34NO6P.C11H23NO3.C6H13O2P.Ni.2Pr/c1-6-10-22-25(20,23-11-7-2)24-14-17(18-16(5)19)13-21-12-9-15(4)8-3;1-4-9(2)5-6-15-8-11(7-13)12-10(3)14;1-3-5-7-9-8-6-4-2;;;/h6,15,17H,1,7-14H2,2-5H3,(H,18,19);9,11,13H,4-8H2,1-3H3,(H,12,14);3,9H,1,4-6H2,2H3;;;/t15-,17-,25?;9-,11+;;;;/m11..../s1. The first-order valence-corrected chi connectivity index (χ1v) is 19.7. The molecule has 0 aromatic heterocycles. The number of carbonyl (C=O) groups is 2. The molecule has 0 aliphatic carbocycles. The van der Waals surface area contributed by atoms with Crippen LogP contribution >= 0.6 is 16.9 Å². The van der Waals surface area contributed by atoms with Crippen LogP contribution in [0.2, 0.25) is 0 Å². The molecule has 0 rings (SSSR count). The summed E-state index contributed by atoms with van der Waals surface area (Å²) in [5.41, 5.74) is 0. The van der Waals surface area contributed by atoms with Crippen molar-refractivity contribution >= 4 is 28.7 Å². The Hall–Kier alpha value is 1.98. The van der Waals surface area contributed by atoms with Crippen molar-refractivity contribution in [3.05, 3.63) is 25.3 Å². The number of aliphatic hydroxyl groups is 1. The molecule has 0 saturated carbocycles. The zero-order valence-corrected chi connectivity index (χ0v) is 43.4. The van der Waals surface area contributed by atoms with Crippen LogP contribution < -0.4 is 10.6 Å². The molecule has 0 bridgehead atoms. The Kier molecular flexibility index (Phi) is 62.2. The molecule has 308 valence electrons. The quantitative estimate of drug-likeness (QED) is 0.0302. The van der Waals surface area contributed by atoms with Gasteiger partial charge in [-0.2, -0.15) is 0 Å². The molecule has 13 nitrogen and oxygen atoms in total. The van der Waals surface area contributed by atoms with Gasteiger partial charge in [0, 0.05) is 126 Å². The minimum atomic E-state index is -3.69. The van der Waals surface area contributed by atoms with Crippen LogP contribution in [0.25, 0.3) is 0 Å². The number of carbonyl (C=O) groups excluding carboxylic acids is 2. The fourth-order valence-corrected chi connectivity index (χ4v) is 5.03. The third-order valence-electron chi connectivity index (χ3n) is 6.44. The smallest absolute Gasteiger partial charge is 0.394 e. The second-order valence-electron chi connectivity index (χ2n) is 11.4. The third kappa shape index (κ3) is 50.0. The van der Waals surface area contributed by atoms with Crippen molar-refractivity contribution in [2.45, 2.75) is 106 Å². The summed E-state index contributed by atoms with van der Waals surface area (Å²) >= 11 is 0. The third-order valence-corrected chi connectivity index (χ3v) is 8.48. The molecule has 0 aromatic rings. The SMILES string of the molecule is C=CCOP(=O)(OCCC)OC[C@@H](COCC[C@H](C)CC)NC(C)=O.C=CCOPOCCC.CC[C@@H](C)CCOC[C@H](CO)NC(C)=O.[Ni].[Pr].[Pr]. The largest absolute Gasteiger partial charge is 0.475 e. The van der Waals surface area contributed by atoms with E-state index in [9.17, 15) is 14.2 Å². The maximum atomic E-state index is 12.5. The Labute approximate surface area is 394 Å². The van der Waals surface area contributed by atoms with Gasteiger partial charge in [-0.25, -0.2) is 4.57 Å². The molecule has 0 heterocycles. The van der Waals surface area contributed by atoms with Gasteiger partial charge in [0.25, 0.3) is 0 Å². The van der Waals surface area contributed by atoms with E-state index in [0.717, 1.165) is 38.7 Å². The van der Waals surface area contributed by atoms with Crippen LogP contribution in [-0.2, 0) is 62.7 Å². The van der Waals surface area contributed by atoms with Crippen LogP contribution in [0.1, 0.15) is 93.9 Å². The van der Waals surface area contributed by atoms with Crippen molar-refractivity contribution in [3.8, 4) is 0 Å². The van der Waals surface area contributed by atoms with Crippen molar-refractivity contribution in [2.24, 2.45) is 11.8 Å².